The maximum absolute atomic E-state index is 12.7. The third kappa shape index (κ3) is 2.52. The van der Waals surface area contributed by atoms with Gasteiger partial charge in [-0.05, 0) is 31.0 Å². The zero-order chi connectivity index (χ0) is 15.0. The van der Waals surface area contributed by atoms with Gasteiger partial charge >= 0.3 is 0 Å². The Labute approximate surface area is 126 Å². The van der Waals surface area contributed by atoms with E-state index in [0.717, 1.165) is 18.5 Å². The van der Waals surface area contributed by atoms with Crippen molar-refractivity contribution in [1.82, 2.24) is 14.3 Å². The number of aromatic nitrogens is 2. The van der Waals surface area contributed by atoms with Gasteiger partial charge in [-0.25, -0.2) is 8.42 Å². The SMILES string of the molecule is O=c1[nH]cc(S(=O)(=O)N2CCCC2c2ccc[nH]2)cc1Cl. The fourth-order valence-electron chi connectivity index (χ4n) is 2.61. The van der Waals surface area contributed by atoms with E-state index >= 15 is 0 Å². The van der Waals surface area contributed by atoms with E-state index in [9.17, 15) is 13.2 Å². The van der Waals surface area contributed by atoms with Gasteiger partial charge in [0.25, 0.3) is 5.56 Å². The van der Waals surface area contributed by atoms with E-state index in [-0.39, 0.29) is 16.0 Å². The minimum absolute atomic E-state index is 0.00514. The first kappa shape index (κ1) is 14.4. The van der Waals surface area contributed by atoms with Gasteiger partial charge in [0, 0.05) is 24.6 Å². The fraction of sp³-hybridized carbons (Fsp3) is 0.308. The summed E-state index contributed by atoms with van der Waals surface area (Å²) in [7, 11) is -3.69. The quantitative estimate of drug-likeness (QED) is 0.902. The van der Waals surface area contributed by atoms with Crippen LogP contribution in [0.5, 0.6) is 0 Å². The molecule has 21 heavy (non-hydrogen) atoms. The third-order valence-electron chi connectivity index (χ3n) is 3.62. The van der Waals surface area contributed by atoms with Crippen molar-refractivity contribution in [3.05, 3.63) is 51.7 Å². The molecule has 6 nitrogen and oxygen atoms in total. The summed E-state index contributed by atoms with van der Waals surface area (Å²) in [6.07, 6.45) is 4.51. The second-order valence-electron chi connectivity index (χ2n) is 4.91. The first-order chi connectivity index (χ1) is 10.00. The molecule has 0 aromatic carbocycles. The van der Waals surface area contributed by atoms with Crippen LogP contribution in [0, 0.1) is 0 Å². The van der Waals surface area contributed by atoms with Crippen LogP contribution in [0.25, 0.3) is 0 Å². The molecule has 112 valence electrons. The molecule has 3 heterocycles. The van der Waals surface area contributed by atoms with E-state index in [1.54, 1.807) is 6.20 Å². The van der Waals surface area contributed by atoms with Crippen LogP contribution in [0.2, 0.25) is 5.02 Å². The molecule has 2 aromatic heterocycles. The first-order valence-electron chi connectivity index (χ1n) is 6.53. The normalized spacial score (nSPS) is 20.0. The van der Waals surface area contributed by atoms with Crippen LogP contribution in [-0.4, -0.2) is 29.2 Å². The molecule has 1 saturated heterocycles. The summed E-state index contributed by atoms with van der Waals surface area (Å²) in [5.74, 6) is 0. The molecule has 1 atom stereocenters. The largest absolute Gasteiger partial charge is 0.364 e. The molecule has 0 bridgehead atoms. The summed E-state index contributed by atoms with van der Waals surface area (Å²) in [6, 6.07) is 4.70. The molecule has 1 aliphatic heterocycles. The fourth-order valence-corrected chi connectivity index (χ4v) is 4.52. The Morgan fingerprint density at radius 3 is 2.81 bits per heavy atom. The predicted molar refractivity (Wildman–Crippen MR) is 78.7 cm³/mol. The smallest absolute Gasteiger partial charge is 0.266 e. The van der Waals surface area contributed by atoms with Crippen LogP contribution in [0.3, 0.4) is 0 Å². The van der Waals surface area contributed by atoms with Crippen LogP contribution in [-0.2, 0) is 10.0 Å². The summed E-state index contributed by atoms with van der Waals surface area (Å²) >= 11 is 5.73. The lowest BCUT2D eigenvalue weighted by molar-refractivity contribution is 0.391. The van der Waals surface area contributed by atoms with Crippen LogP contribution < -0.4 is 5.56 Å². The average Bonchev–Trinajstić information content (AvgIpc) is 3.11. The molecule has 3 rings (SSSR count). The number of H-pyrrole nitrogens is 2. The highest BCUT2D eigenvalue weighted by Crippen LogP contribution is 2.35. The third-order valence-corrected chi connectivity index (χ3v) is 5.79. The van der Waals surface area contributed by atoms with Gasteiger partial charge in [0.05, 0.1) is 10.9 Å². The Morgan fingerprint density at radius 2 is 2.14 bits per heavy atom. The van der Waals surface area contributed by atoms with Gasteiger partial charge in [0.2, 0.25) is 10.0 Å². The molecule has 0 amide bonds. The number of nitrogens with one attached hydrogen (secondary N) is 2. The van der Waals surface area contributed by atoms with Crippen molar-refractivity contribution in [3.8, 4) is 0 Å². The topological polar surface area (TPSA) is 86.0 Å². The van der Waals surface area contributed by atoms with Gasteiger partial charge < -0.3 is 9.97 Å². The standard InChI is InChI=1S/C13H14ClN3O3S/c14-10-7-9(8-16-13(10)18)21(19,20)17-6-2-4-12(17)11-3-1-5-15-11/h1,3,5,7-8,12,15H,2,4,6H2,(H,16,18). The summed E-state index contributed by atoms with van der Waals surface area (Å²) < 4.78 is 26.9. The highest BCUT2D eigenvalue weighted by molar-refractivity contribution is 7.89. The Bertz CT molecular complexity index is 798. The number of pyridine rings is 1. The lowest BCUT2D eigenvalue weighted by atomic mass is 10.2. The molecular formula is C13H14ClN3O3S. The van der Waals surface area contributed by atoms with Crippen LogP contribution in [0.15, 0.2) is 40.3 Å². The van der Waals surface area contributed by atoms with E-state index in [1.807, 2.05) is 12.1 Å². The van der Waals surface area contributed by atoms with E-state index < -0.39 is 15.6 Å². The first-order valence-corrected chi connectivity index (χ1v) is 8.35. The van der Waals surface area contributed by atoms with Crippen LogP contribution in [0.4, 0.5) is 0 Å². The minimum atomic E-state index is -3.69. The van der Waals surface area contributed by atoms with Crippen molar-refractivity contribution in [2.24, 2.45) is 0 Å². The van der Waals surface area contributed by atoms with Crippen molar-refractivity contribution < 1.29 is 8.42 Å². The molecule has 1 unspecified atom stereocenters. The van der Waals surface area contributed by atoms with E-state index in [0.29, 0.717) is 6.54 Å². The molecular weight excluding hydrogens is 314 g/mol. The van der Waals surface area contributed by atoms with Gasteiger partial charge in [-0.2, -0.15) is 4.31 Å². The monoisotopic (exact) mass is 327 g/mol. The molecule has 0 spiro atoms. The predicted octanol–water partition coefficient (Wildman–Crippen LogP) is 1.88. The van der Waals surface area contributed by atoms with Crippen LogP contribution in [0.1, 0.15) is 24.6 Å². The van der Waals surface area contributed by atoms with Crippen molar-refractivity contribution in [1.29, 1.82) is 0 Å². The minimum Gasteiger partial charge on any atom is -0.364 e. The Kier molecular flexibility index (Phi) is 3.64. The number of halogens is 1. The highest BCUT2D eigenvalue weighted by Gasteiger charge is 2.36. The molecule has 8 heteroatoms. The average molecular weight is 328 g/mol. The molecule has 2 N–H and O–H groups in total. The second kappa shape index (κ2) is 5.32. The lowest BCUT2D eigenvalue weighted by Gasteiger charge is -2.23. The molecule has 0 saturated carbocycles. The van der Waals surface area contributed by atoms with Crippen molar-refractivity contribution in [2.75, 3.05) is 6.54 Å². The van der Waals surface area contributed by atoms with Gasteiger partial charge in [-0.15, -0.1) is 0 Å². The number of nitrogens with zero attached hydrogens (tertiary/aromatic N) is 1. The number of hydrogen-bond acceptors (Lipinski definition) is 3. The maximum atomic E-state index is 12.7. The van der Waals surface area contributed by atoms with E-state index in [2.05, 4.69) is 9.97 Å². The Balaban J connectivity index is 2.01. The Morgan fingerprint density at radius 1 is 1.33 bits per heavy atom. The summed E-state index contributed by atoms with van der Waals surface area (Å²) in [4.78, 5) is 16.7. The number of sulfonamides is 1. The summed E-state index contributed by atoms with van der Waals surface area (Å²) in [5, 5.41) is -0.133. The van der Waals surface area contributed by atoms with E-state index in [4.69, 9.17) is 11.6 Å². The zero-order valence-corrected chi connectivity index (χ0v) is 12.6. The highest BCUT2D eigenvalue weighted by atomic mass is 35.5. The molecule has 1 fully saturated rings. The van der Waals surface area contributed by atoms with Crippen LogP contribution >= 0.6 is 11.6 Å². The second-order valence-corrected chi connectivity index (χ2v) is 7.21. The van der Waals surface area contributed by atoms with Gasteiger partial charge in [-0.3, -0.25) is 4.79 Å². The molecule has 2 aromatic rings. The maximum Gasteiger partial charge on any atom is 0.266 e. The van der Waals surface area contributed by atoms with Crippen molar-refractivity contribution >= 4 is 21.6 Å². The number of hydrogen-bond donors (Lipinski definition) is 2. The molecule has 0 radical (unpaired) electrons. The molecule has 1 aliphatic rings. The summed E-state index contributed by atoms with van der Waals surface area (Å²) in [5.41, 5.74) is 0.365. The Hall–Kier alpha value is -1.57. The van der Waals surface area contributed by atoms with Gasteiger partial charge in [0.1, 0.15) is 5.02 Å². The molecule has 0 aliphatic carbocycles. The number of aromatic amines is 2. The number of rotatable bonds is 3. The van der Waals surface area contributed by atoms with Gasteiger partial charge in [0.15, 0.2) is 0 Å². The summed E-state index contributed by atoms with van der Waals surface area (Å²) in [6.45, 7) is 0.447. The van der Waals surface area contributed by atoms with Gasteiger partial charge in [-0.1, -0.05) is 11.6 Å². The van der Waals surface area contributed by atoms with Crippen molar-refractivity contribution in [3.63, 3.8) is 0 Å². The zero-order valence-electron chi connectivity index (χ0n) is 11.0. The van der Waals surface area contributed by atoms with Crippen molar-refractivity contribution in [2.45, 2.75) is 23.8 Å². The lowest BCUT2D eigenvalue weighted by Crippen LogP contribution is -2.31. The van der Waals surface area contributed by atoms with E-state index in [1.165, 1.54) is 16.6 Å².